The summed E-state index contributed by atoms with van der Waals surface area (Å²) < 4.78 is 49.7. The first-order chi connectivity index (χ1) is 20.7. The van der Waals surface area contributed by atoms with E-state index in [0.717, 1.165) is 38.7 Å². The number of allylic oxidation sites excluding steroid dienone is 1. The van der Waals surface area contributed by atoms with Crippen molar-refractivity contribution in [3.05, 3.63) is 82.9 Å². The maximum Gasteiger partial charge on any atom is 0.522 e. The molecule has 236 valence electrons. The predicted molar refractivity (Wildman–Crippen MR) is 168 cm³/mol. The van der Waals surface area contributed by atoms with Crippen molar-refractivity contribution in [3.63, 3.8) is 0 Å². The first-order valence-corrected chi connectivity index (χ1v) is 15.2. The Hall–Kier alpha value is -3.65. The summed E-state index contributed by atoms with van der Waals surface area (Å²) in [6, 6.07) is 17.5. The Bertz CT molecular complexity index is 1520. The van der Waals surface area contributed by atoms with Gasteiger partial charge in [-0.15, -0.1) is 13.2 Å². The number of amides is 1. The zero-order valence-corrected chi connectivity index (χ0v) is 26.3. The highest BCUT2D eigenvalue weighted by molar-refractivity contribution is 5.98. The number of ether oxygens (including phenoxy) is 2. The fourth-order valence-corrected chi connectivity index (χ4v) is 6.01. The minimum absolute atomic E-state index is 0.0260. The molecule has 1 aliphatic heterocycles. The molecular weight excluding hydrogens is 567 g/mol. The van der Waals surface area contributed by atoms with Crippen LogP contribution in [0.25, 0.3) is 16.8 Å². The second kappa shape index (κ2) is 13.6. The maximum absolute atomic E-state index is 13.3. The molecule has 0 saturated heterocycles. The molecule has 0 aliphatic carbocycles. The molecule has 0 bridgehead atoms. The third-order valence-corrected chi connectivity index (χ3v) is 8.43. The molecule has 5 nitrogen and oxygen atoms in total. The first-order valence-electron chi connectivity index (χ1n) is 15.2. The van der Waals surface area contributed by atoms with Crippen LogP contribution < -0.4 is 4.90 Å². The summed E-state index contributed by atoms with van der Waals surface area (Å²) in [5, 5.41) is 1.91. The van der Waals surface area contributed by atoms with Gasteiger partial charge in [0.1, 0.15) is 6.10 Å². The molecule has 3 aromatic rings. The van der Waals surface area contributed by atoms with Crippen LogP contribution in [0.2, 0.25) is 0 Å². The maximum atomic E-state index is 13.3. The van der Waals surface area contributed by atoms with Crippen LogP contribution in [0.15, 0.2) is 60.7 Å². The minimum atomic E-state index is -4.87. The Morgan fingerprint density at radius 2 is 1.77 bits per heavy atom. The number of esters is 1. The lowest BCUT2D eigenvalue weighted by atomic mass is 9.76. The van der Waals surface area contributed by atoms with Gasteiger partial charge in [0.15, 0.2) is 0 Å². The van der Waals surface area contributed by atoms with Crippen molar-refractivity contribution in [2.75, 3.05) is 11.4 Å². The van der Waals surface area contributed by atoms with E-state index in [0.29, 0.717) is 19.4 Å². The van der Waals surface area contributed by atoms with E-state index in [1.54, 1.807) is 11.8 Å². The number of carbonyl (C=O) groups is 2. The minimum Gasteiger partial charge on any atom is -0.458 e. The molecule has 8 heteroatoms. The first kappa shape index (κ1) is 33.2. The van der Waals surface area contributed by atoms with E-state index in [4.69, 9.17) is 4.74 Å². The number of rotatable bonds is 11. The van der Waals surface area contributed by atoms with Gasteiger partial charge in [-0.25, -0.2) is 0 Å². The van der Waals surface area contributed by atoms with Crippen molar-refractivity contribution in [1.82, 2.24) is 0 Å². The van der Waals surface area contributed by atoms with Crippen LogP contribution in [-0.2, 0) is 24.5 Å². The average Bonchev–Trinajstić information content (AvgIpc) is 2.94. The number of nitrogens with zero attached hydrogens (tertiary/aromatic N) is 1. The lowest BCUT2D eigenvalue weighted by Gasteiger charge is -2.39. The van der Waals surface area contributed by atoms with Crippen molar-refractivity contribution in [2.45, 2.75) is 91.2 Å². The summed E-state index contributed by atoms with van der Waals surface area (Å²) in [7, 11) is 0. The molecule has 0 N–H and O–H groups in total. The number of halogens is 3. The molecule has 4 rings (SSSR count). The van der Waals surface area contributed by atoms with Crippen LogP contribution in [0.5, 0.6) is 0 Å². The molecule has 1 unspecified atom stereocenters. The standard InChI is InChI=1S/C36H42F3NO4/c1-7-40-32-20-27(24(3)19-31(32)35(5,6)22-33(40)41)17-15-23(2)16-18-28(44-36(37,38)39)21-34(42)43-25(4)29-14-10-12-26-11-8-9-13-30(26)29/h8-15,17,19-20,23,25,28H,7,16,18,21-22H2,1-6H3/b17-15+/t23?,25-,28+/m1/s1. The normalized spacial score (nSPS) is 17.0. The molecule has 1 aliphatic rings. The number of aryl methyl sites for hydroxylation is 1. The fourth-order valence-electron chi connectivity index (χ4n) is 6.01. The number of hydrogen-bond acceptors (Lipinski definition) is 4. The van der Waals surface area contributed by atoms with Gasteiger partial charge in [-0.2, -0.15) is 0 Å². The third-order valence-electron chi connectivity index (χ3n) is 8.43. The van der Waals surface area contributed by atoms with Crippen LogP contribution in [0.3, 0.4) is 0 Å². The summed E-state index contributed by atoms with van der Waals surface area (Å²) in [6.07, 6.45) is -2.62. The van der Waals surface area contributed by atoms with Crippen LogP contribution >= 0.6 is 0 Å². The van der Waals surface area contributed by atoms with Gasteiger partial charge in [0.05, 0.1) is 12.5 Å². The second-order valence-corrected chi connectivity index (χ2v) is 12.4. The van der Waals surface area contributed by atoms with Crippen LogP contribution in [0.4, 0.5) is 18.9 Å². The van der Waals surface area contributed by atoms with Crippen LogP contribution in [0, 0.1) is 12.8 Å². The van der Waals surface area contributed by atoms with Crippen molar-refractivity contribution >= 4 is 34.4 Å². The van der Waals surface area contributed by atoms with E-state index in [9.17, 15) is 22.8 Å². The zero-order valence-electron chi connectivity index (χ0n) is 26.3. The highest BCUT2D eigenvalue weighted by atomic mass is 19.4. The predicted octanol–water partition coefficient (Wildman–Crippen LogP) is 9.21. The van der Waals surface area contributed by atoms with Crippen molar-refractivity contribution in [1.29, 1.82) is 0 Å². The number of carbonyl (C=O) groups excluding carboxylic acids is 2. The monoisotopic (exact) mass is 609 g/mol. The number of hydrogen-bond donors (Lipinski definition) is 0. The van der Waals surface area contributed by atoms with E-state index in [-0.39, 0.29) is 23.7 Å². The summed E-state index contributed by atoms with van der Waals surface area (Å²) in [6.45, 7) is 12.3. The van der Waals surface area contributed by atoms with E-state index >= 15 is 0 Å². The van der Waals surface area contributed by atoms with Gasteiger partial charge >= 0.3 is 12.3 Å². The number of benzene rings is 3. The molecule has 0 spiro atoms. The van der Waals surface area contributed by atoms with Gasteiger partial charge < -0.3 is 9.64 Å². The van der Waals surface area contributed by atoms with E-state index < -0.39 is 31.0 Å². The lowest BCUT2D eigenvalue weighted by Crippen LogP contribution is -2.41. The fraction of sp³-hybridized carbons (Fsp3) is 0.444. The smallest absolute Gasteiger partial charge is 0.458 e. The van der Waals surface area contributed by atoms with Gasteiger partial charge in [0.25, 0.3) is 0 Å². The second-order valence-electron chi connectivity index (χ2n) is 12.4. The summed E-state index contributed by atoms with van der Waals surface area (Å²) in [5.74, 6) is -0.737. The molecule has 44 heavy (non-hydrogen) atoms. The molecule has 3 atom stereocenters. The lowest BCUT2D eigenvalue weighted by molar-refractivity contribution is -0.343. The summed E-state index contributed by atoms with van der Waals surface area (Å²) in [4.78, 5) is 27.3. The van der Waals surface area contributed by atoms with Crippen LogP contribution in [-0.4, -0.2) is 30.9 Å². The SMILES string of the molecule is CCN1C(=O)CC(C)(C)c2cc(C)c(/C=C/C(C)CC[C@@H](CC(=O)O[C@H](C)c3cccc4ccccc34)OC(F)(F)F)cc21. The Kier molecular flexibility index (Phi) is 10.2. The third kappa shape index (κ3) is 8.08. The highest BCUT2D eigenvalue weighted by Crippen LogP contribution is 2.42. The largest absolute Gasteiger partial charge is 0.522 e. The zero-order chi connectivity index (χ0) is 32.2. The number of fused-ring (bicyclic) bond motifs is 2. The summed E-state index contributed by atoms with van der Waals surface area (Å²) >= 11 is 0. The number of alkyl halides is 3. The molecule has 0 fully saturated rings. The van der Waals surface area contributed by atoms with E-state index in [2.05, 4.69) is 24.7 Å². The Labute approximate surface area is 258 Å². The Morgan fingerprint density at radius 1 is 1.07 bits per heavy atom. The van der Waals surface area contributed by atoms with Gasteiger partial charge in [0, 0.05) is 24.1 Å². The van der Waals surface area contributed by atoms with E-state index in [1.165, 1.54) is 0 Å². The summed E-state index contributed by atoms with van der Waals surface area (Å²) in [5.41, 5.74) is 4.58. The average molecular weight is 610 g/mol. The Balaban J connectivity index is 1.41. The Morgan fingerprint density at radius 3 is 2.48 bits per heavy atom. The van der Waals surface area contributed by atoms with Gasteiger partial charge in [-0.3, -0.25) is 14.3 Å². The quantitative estimate of drug-likeness (QED) is 0.203. The molecular formula is C36H42F3NO4. The van der Waals surface area contributed by atoms with Crippen molar-refractivity contribution in [3.8, 4) is 0 Å². The van der Waals surface area contributed by atoms with Crippen LogP contribution in [0.1, 0.15) is 88.7 Å². The topological polar surface area (TPSA) is 55.8 Å². The van der Waals surface area contributed by atoms with Gasteiger partial charge in [-0.05, 0) is 78.6 Å². The van der Waals surface area contributed by atoms with Crippen molar-refractivity contribution < 1.29 is 32.2 Å². The molecule has 3 aromatic carbocycles. The highest BCUT2D eigenvalue weighted by Gasteiger charge is 2.37. The van der Waals surface area contributed by atoms with Crippen molar-refractivity contribution in [2.24, 2.45) is 5.92 Å². The molecule has 1 heterocycles. The van der Waals surface area contributed by atoms with Gasteiger partial charge in [0.2, 0.25) is 5.91 Å². The van der Waals surface area contributed by atoms with E-state index in [1.807, 2.05) is 81.5 Å². The number of anilines is 1. The van der Waals surface area contributed by atoms with Gasteiger partial charge in [-0.1, -0.05) is 81.5 Å². The molecule has 0 saturated carbocycles. The molecule has 0 radical (unpaired) electrons. The molecule has 0 aromatic heterocycles. The molecule has 1 amide bonds.